The summed E-state index contributed by atoms with van der Waals surface area (Å²) in [6, 6.07) is 0. The topological polar surface area (TPSA) is 35.6 Å². The zero-order valence-electron chi connectivity index (χ0n) is 9.07. The fourth-order valence-corrected chi connectivity index (χ4v) is 2.86. The van der Waals surface area contributed by atoms with Crippen molar-refractivity contribution < 1.29 is 4.79 Å². The van der Waals surface area contributed by atoms with Crippen LogP contribution in [0.1, 0.15) is 12.8 Å². The molecule has 0 unspecified atom stereocenters. The van der Waals surface area contributed by atoms with Crippen LogP contribution in [0.2, 0.25) is 0 Å². The van der Waals surface area contributed by atoms with Gasteiger partial charge in [-0.2, -0.15) is 0 Å². The molecule has 1 amide bonds. The van der Waals surface area contributed by atoms with Crippen LogP contribution in [-0.2, 0) is 4.79 Å². The first-order chi connectivity index (χ1) is 7.19. The first-order valence-electron chi connectivity index (χ1n) is 5.22. The van der Waals surface area contributed by atoms with Gasteiger partial charge in [0.25, 0.3) is 0 Å². The Bertz CT molecular complexity index is 317. The summed E-state index contributed by atoms with van der Waals surface area (Å²) in [5.41, 5.74) is -0.281. The number of carbonyl (C=O) groups is 1. The van der Waals surface area contributed by atoms with Crippen molar-refractivity contribution in [2.75, 3.05) is 26.8 Å². The molecule has 0 atom stereocenters. The van der Waals surface area contributed by atoms with Gasteiger partial charge >= 0.3 is 91.1 Å². The predicted octanol–water partition coefficient (Wildman–Crippen LogP) is -0.0220. The molecule has 0 aliphatic carbocycles. The van der Waals surface area contributed by atoms with E-state index in [1.807, 2.05) is 5.92 Å². The van der Waals surface area contributed by atoms with E-state index in [4.69, 9.17) is 0 Å². The van der Waals surface area contributed by atoms with Crippen molar-refractivity contribution in [3.05, 3.63) is 0 Å². The van der Waals surface area contributed by atoms with Crippen LogP contribution in [0.25, 0.3) is 0 Å². The Morgan fingerprint density at radius 3 is 2.80 bits per heavy atom. The van der Waals surface area contributed by atoms with Gasteiger partial charge in [-0.05, 0) is 0 Å². The van der Waals surface area contributed by atoms with Gasteiger partial charge in [0.1, 0.15) is 0 Å². The summed E-state index contributed by atoms with van der Waals surface area (Å²) in [5.74, 6) is 2.21. The summed E-state index contributed by atoms with van der Waals surface area (Å²) in [4.78, 5) is 16.3. The number of amides is 1. The average Bonchev–Trinajstić information content (AvgIpc) is 2.52. The molecule has 2 rings (SSSR count). The number of carbonyl (C=O) groups excluding carboxylic acids is 1. The molecule has 2 fully saturated rings. The van der Waals surface area contributed by atoms with Crippen molar-refractivity contribution in [1.29, 1.82) is 0 Å². The van der Waals surface area contributed by atoms with Crippen molar-refractivity contribution in [3.63, 3.8) is 0 Å². The van der Waals surface area contributed by atoms with E-state index < -0.39 is 0 Å². The number of nitrogens with zero attached hydrogens (tertiary/aromatic N) is 2. The Morgan fingerprint density at radius 2 is 2.20 bits per heavy atom. The summed E-state index contributed by atoms with van der Waals surface area (Å²) in [6.45, 7) is 2.63. The van der Waals surface area contributed by atoms with E-state index in [1.165, 1.54) is 0 Å². The zero-order chi connectivity index (χ0) is 10.9. The van der Waals surface area contributed by atoms with Gasteiger partial charge in [-0.1, -0.05) is 0 Å². The molecule has 0 aromatic rings. The molecule has 0 aromatic carbocycles. The SMILES string of the molecule is C=[P+]=CN1CNC(=O)C12CCN(C)CC2. The minimum atomic E-state index is -0.281. The van der Waals surface area contributed by atoms with Gasteiger partial charge in [0, 0.05) is 0 Å². The van der Waals surface area contributed by atoms with Crippen molar-refractivity contribution in [3.8, 4) is 0 Å². The van der Waals surface area contributed by atoms with Gasteiger partial charge in [-0.25, -0.2) is 0 Å². The molecule has 1 spiro atoms. The van der Waals surface area contributed by atoms with E-state index in [2.05, 4.69) is 28.5 Å². The van der Waals surface area contributed by atoms with Crippen molar-refractivity contribution >= 4 is 26.0 Å². The summed E-state index contributed by atoms with van der Waals surface area (Å²) >= 11 is 0. The van der Waals surface area contributed by atoms with Crippen molar-refractivity contribution in [1.82, 2.24) is 15.1 Å². The quantitative estimate of drug-likeness (QED) is 0.638. The van der Waals surface area contributed by atoms with E-state index in [1.54, 1.807) is 0 Å². The van der Waals surface area contributed by atoms with Crippen LogP contribution in [-0.4, -0.2) is 60.3 Å². The Balaban J connectivity index is 2.22. The van der Waals surface area contributed by atoms with Gasteiger partial charge in [0.05, 0.1) is 0 Å². The standard InChI is InChI=1S/C10H16N3OP/c1-12-5-3-10(4-6-12)9(14)11-7-13(10)8-15-2/h8H,2-7H2,1H3/p+1. The average molecular weight is 226 g/mol. The molecule has 2 aliphatic heterocycles. The summed E-state index contributed by atoms with van der Waals surface area (Å²) in [6.07, 6.45) is 5.63. The van der Waals surface area contributed by atoms with Gasteiger partial charge in [0.2, 0.25) is 0 Å². The molecule has 4 nitrogen and oxygen atoms in total. The molecule has 1 N–H and O–H groups in total. The number of piperidine rings is 1. The number of rotatable bonds is 1. The maximum atomic E-state index is 11.9. The third kappa shape index (κ3) is 1.82. The van der Waals surface area contributed by atoms with E-state index in [0.717, 1.165) is 33.8 Å². The minimum absolute atomic E-state index is 0.190. The second-order valence-corrected chi connectivity index (χ2v) is 4.86. The summed E-state index contributed by atoms with van der Waals surface area (Å²) in [5, 5.41) is 2.93. The fourth-order valence-electron chi connectivity index (χ4n) is 2.36. The number of nitrogens with one attached hydrogen (secondary N) is 1. The predicted molar refractivity (Wildman–Crippen MR) is 64.4 cm³/mol. The van der Waals surface area contributed by atoms with Gasteiger partial charge in [-0.15, -0.1) is 0 Å². The molecule has 0 aromatic heterocycles. The maximum absolute atomic E-state index is 11.9. The molecule has 0 bridgehead atoms. The fraction of sp³-hybridized carbons (Fsp3) is 0.700. The molecule has 15 heavy (non-hydrogen) atoms. The van der Waals surface area contributed by atoms with Crippen LogP contribution < -0.4 is 5.32 Å². The number of likely N-dealkylation sites (tertiary alicyclic amines) is 1. The molecule has 2 saturated heterocycles. The van der Waals surface area contributed by atoms with Crippen LogP contribution in [0.4, 0.5) is 0 Å². The Kier molecular flexibility index (Phi) is 3.10. The van der Waals surface area contributed by atoms with Gasteiger partial charge in [0.15, 0.2) is 0 Å². The third-order valence-electron chi connectivity index (χ3n) is 3.42. The molecular weight excluding hydrogens is 209 g/mol. The van der Waals surface area contributed by atoms with Crippen LogP contribution in [0.5, 0.6) is 0 Å². The summed E-state index contributed by atoms with van der Waals surface area (Å²) < 4.78 is 0. The van der Waals surface area contributed by atoms with E-state index >= 15 is 0 Å². The first kappa shape index (κ1) is 11.1. The third-order valence-corrected chi connectivity index (χ3v) is 3.86. The van der Waals surface area contributed by atoms with Crippen molar-refractivity contribution in [2.45, 2.75) is 18.4 Å². The zero-order valence-corrected chi connectivity index (χ0v) is 9.96. The number of hydrogen-bond acceptors (Lipinski definition) is 2. The Labute approximate surface area is 91.7 Å². The van der Waals surface area contributed by atoms with E-state index in [9.17, 15) is 4.79 Å². The first-order valence-corrected chi connectivity index (χ1v) is 6.37. The molecule has 0 radical (unpaired) electrons. The number of hydrogen-bond donors (Lipinski definition) is 1. The van der Waals surface area contributed by atoms with Crippen LogP contribution >= 0.6 is 7.83 Å². The molecule has 2 heterocycles. The molecule has 82 valence electrons. The Morgan fingerprint density at radius 1 is 1.53 bits per heavy atom. The molecule has 5 heteroatoms. The summed E-state index contributed by atoms with van der Waals surface area (Å²) in [7, 11) is 3.07. The second kappa shape index (κ2) is 4.20. The van der Waals surface area contributed by atoms with E-state index in [0.29, 0.717) is 6.67 Å². The second-order valence-electron chi connectivity index (χ2n) is 4.27. The molecule has 2 aliphatic rings. The van der Waals surface area contributed by atoms with Crippen molar-refractivity contribution in [2.24, 2.45) is 0 Å². The van der Waals surface area contributed by atoms with Crippen LogP contribution in [0.3, 0.4) is 0 Å². The van der Waals surface area contributed by atoms with Crippen LogP contribution in [0.15, 0.2) is 0 Å². The molecule has 0 saturated carbocycles. The van der Waals surface area contributed by atoms with Gasteiger partial charge < -0.3 is 0 Å². The Hall–Kier alpha value is -0.440. The van der Waals surface area contributed by atoms with Gasteiger partial charge in [-0.3, -0.25) is 0 Å². The van der Waals surface area contributed by atoms with E-state index in [-0.39, 0.29) is 11.4 Å². The monoisotopic (exact) mass is 226 g/mol. The van der Waals surface area contributed by atoms with Crippen LogP contribution in [0, 0.1) is 0 Å². The molecular formula is C10H17N3OP+. The normalized spacial score (nSPS) is 26.6.